The van der Waals surface area contributed by atoms with Crippen LogP contribution in [0, 0.1) is 17.8 Å². The first-order chi connectivity index (χ1) is 50.2. The SMILES string of the molecule is CCCCCCCCCCCCCCCCC(=O)O[C@H](COC(=O)CCCCCCCCCCCC(C)C)COP(=O)(O)OC[C@H](O)COP(=O)(O)OC[C@@H](COC(=O)CCCCCCCCCCCCCCCCC(C)C)OC(=O)CCCCCCCCCCCCCCCCCCCCC(C)C. The van der Waals surface area contributed by atoms with E-state index in [-0.39, 0.29) is 25.7 Å². The maximum absolute atomic E-state index is 13.1. The van der Waals surface area contributed by atoms with E-state index in [0.717, 1.165) is 108 Å². The van der Waals surface area contributed by atoms with E-state index in [0.29, 0.717) is 25.7 Å². The quantitative estimate of drug-likeness (QED) is 0.0222. The van der Waals surface area contributed by atoms with Gasteiger partial charge in [0.05, 0.1) is 26.4 Å². The van der Waals surface area contributed by atoms with E-state index < -0.39 is 97.5 Å². The molecule has 0 aromatic rings. The van der Waals surface area contributed by atoms with E-state index >= 15 is 0 Å². The highest BCUT2D eigenvalue weighted by atomic mass is 31.2. The average Bonchev–Trinajstić information content (AvgIpc) is 0.914. The Kier molecular flexibility index (Phi) is 73.7. The molecule has 0 amide bonds. The Balaban J connectivity index is 5.25. The lowest BCUT2D eigenvalue weighted by Gasteiger charge is -2.21. The summed E-state index contributed by atoms with van der Waals surface area (Å²) in [6.45, 7) is 12.0. The van der Waals surface area contributed by atoms with Crippen molar-refractivity contribution in [3.8, 4) is 0 Å². The Bertz CT molecular complexity index is 2010. The van der Waals surface area contributed by atoms with Crippen LogP contribution in [-0.2, 0) is 65.4 Å². The topological polar surface area (TPSA) is 237 Å². The van der Waals surface area contributed by atoms with Gasteiger partial charge in [0.2, 0.25) is 0 Å². The van der Waals surface area contributed by atoms with Crippen LogP contribution in [0.25, 0.3) is 0 Å². The first-order valence-corrected chi connectivity index (χ1v) is 46.8. The molecule has 0 rings (SSSR count). The van der Waals surface area contributed by atoms with Gasteiger partial charge in [0, 0.05) is 25.7 Å². The van der Waals surface area contributed by atoms with Gasteiger partial charge in [-0.25, -0.2) is 9.13 Å². The number of hydrogen-bond acceptors (Lipinski definition) is 15. The van der Waals surface area contributed by atoms with Crippen molar-refractivity contribution in [2.24, 2.45) is 17.8 Å². The number of ether oxygens (including phenoxy) is 4. The van der Waals surface area contributed by atoms with Crippen LogP contribution >= 0.6 is 15.6 Å². The van der Waals surface area contributed by atoms with Crippen LogP contribution in [0.5, 0.6) is 0 Å². The van der Waals surface area contributed by atoms with Gasteiger partial charge in [-0.05, 0) is 43.4 Å². The van der Waals surface area contributed by atoms with Gasteiger partial charge in [-0.3, -0.25) is 37.3 Å². The van der Waals surface area contributed by atoms with Crippen molar-refractivity contribution >= 4 is 39.5 Å². The molecule has 0 aliphatic rings. The predicted molar refractivity (Wildman–Crippen MR) is 428 cm³/mol. The standard InChI is InChI=1S/C85H166O17P2/c1-8-9-10-11-12-13-14-15-26-32-39-47-54-61-68-84(89)102-81(73-96-83(88)67-60-53-46-41-34-37-44-51-58-65-78(6)7)75-100-104(93,94)98-71-79(86)70-97-103(91,92)99-74-80(72-95-82(87)66-59-52-45-38-31-27-23-22-25-30-36-43-50-57-64-77(4)5)101-85(90)69-62-55-48-40-33-28-21-19-17-16-18-20-24-29-35-42-49-56-63-76(2)3/h76-81,86H,8-75H2,1-7H3,(H,91,92)(H,93,94)/t79-,80-,81-/m1/s1. The Morgan fingerprint density at radius 1 is 0.260 bits per heavy atom. The highest BCUT2D eigenvalue weighted by Gasteiger charge is 2.30. The summed E-state index contributed by atoms with van der Waals surface area (Å²) < 4.78 is 68.9. The maximum Gasteiger partial charge on any atom is 0.472 e. The number of esters is 4. The van der Waals surface area contributed by atoms with Crippen LogP contribution in [0.2, 0.25) is 0 Å². The fourth-order valence-corrected chi connectivity index (χ4v) is 14.8. The first-order valence-electron chi connectivity index (χ1n) is 43.8. The van der Waals surface area contributed by atoms with Crippen LogP contribution in [-0.4, -0.2) is 96.7 Å². The summed E-state index contributed by atoms with van der Waals surface area (Å²) >= 11 is 0. The van der Waals surface area contributed by atoms with Crippen molar-refractivity contribution < 1.29 is 80.2 Å². The highest BCUT2D eigenvalue weighted by Crippen LogP contribution is 2.45. The Labute approximate surface area is 638 Å². The van der Waals surface area contributed by atoms with Crippen molar-refractivity contribution in [1.82, 2.24) is 0 Å². The minimum absolute atomic E-state index is 0.108. The summed E-state index contributed by atoms with van der Waals surface area (Å²) in [6.07, 6.45) is 65.2. The van der Waals surface area contributed by atoms with E-state index in [1.807, 2.05) is 0 Å². The van der Waals surface area contributed by atoms with Crippen LogP contribution in [0.15, 0.2) is 0 Å². The summed E-state index contributed by atoms with van der Waals surface area (Å²) in [5, 5.41) is 10.7. The van der Waals surface area contributed by atoms with Crippen molar-refractivity contribution in [1.29, 1.82) is 0 Å². The monoisotopic (exact) mass is 1520 g/mol. The van der Waals surface area contributed by atoms with Gasteiger partial charge in [-0.2, -0.15) is 0 Å². The van der Waals surface area contributed by atoms with Crippen LogP contribution < -0.4 is 0 Å². The van der Waals surface area contributed by atoms with Crippen molar-refractivity contribution in [2.75, 3.05) is 39.6 Å². The van der Waals surface area contributed by atoms with E-state index in [9.17, 15) is 43.2 Å². The molecule has 0 aliphatic carbocycles. The molecule has 2 unspecified atom stereocenters. The molecule has 3 N–H and O–H groups in total. The minimum Gasteiger partial charge on any atom is -0.462 e. The predicted octanol–water partition coefficient (Wildman–Crippen LogP) is 25.7. The molecule has 17 nitrogen and oxygen atoms in total. The van der Waals surface area contributed by atoms with Gasteiger partial charge in [0.1, 0.15) is 19.3 Å². The fraction of sp³-hybridized carbons (Fsp3) is 0.953. The molecule has 19 heteroatoms. The van der Waals surface area contributed by atoms with Crippen LogP contribution in [0.1, 0.15) is 447 Å². The van der Waals surface area contributed by atoms with Gasteiger partial charge >= 0.3 is 39.5 Å². The lowest BCUT2D eigenvalue weighted by atomic mass is 10.0. The summed E-state index contributed by atoms with van der Waals surface area (Å²) in [4.78, 5) is 73.2. The molecule has 0 aromatic carbocycles. The summed E-state index contributed by atoms with van der Waals surface area (Å²) in [6, 6.07) is 0. The molecule has 0 aliphatic heterocycles. The molecule has 618 valence electrons. The summed E-state index contributed by atoms with van der Waals surface area (Å²) in [7, 11) is -9.93. The molecule has 0 radical (unpaired) electrons. The van der Waals surface area contributed by atoms with Gasteiger partial charge in [-0.15, -0.1) is 0 Å². The summed E-state index contributed by atoms with van der Waals surface area (Å²) in [5.41, 5.74) is 0. The molecule has 0 aromatic heterocycles. The summed E-state index contributed by atoms with van der Waals surface area (Å²) in [5.74, 6) is 0.259. The van der Waals surface area contributed by atoms with E-state index in [1.54, 1.807) is 0 Å². The zero-order valence-electron chi connectivity index (χ0n) is 68.5. The average molecular weight is 1520 g/mol. The molecule has 0 fully saturated rings. The Morgan fingerprint density at radius 3 is 0.654 bits per heavy atom. The molecular weight excluding hydrogens is 1350 g/mol. The third-order valence-corrected chi connectivity index (χ3v) is 21.8. The number of phosphoric acid groups is 2. The third kappa shape index (κ3) is 78.2. The van der Waals surface area contributed by atoms with Gasteiger partial charge < -0.3 is 33.8 Å². The minimum atomic E-state index is -4.97. The second-order valence-electron chi connectivity index (χ2n) is 32.0. The van der Waals surface area contributed by atoms with Gasteiger partial charge in [0.25, 0.3) is 0 Å². The molecule has 5 atom stereocenters. The fourth-order valence-electron chi connectivity index (χ4n) is 13.2. The number of aliphatic hydroxyl groups is 1. The number of unbranched alkanes of at least 4 members (excludes halogenated alkanes) is 51. The van der Waals surface area contributed by atoms with Crippen molar-refractivity contribution in [2.45, 2.75) is 465 Å². The third-order valence-electron chi connectivity index (χ3n) is 19.9. The molecule has 104 heavy (non-hydrogen) atoms. The molecule has 0 heterocycles. The zero-order chi connectivity index (χ0) is 76.5. The normalized spacial score (nSPS) is 13.9. The van der Waals surface area contributed by atoms with Gasteiger partial charge in [-0.1, -0.05) is 395 Å². The largest absolute Gasteiger partial charge is 0.472 e. The Morgan fingerprint density at radius 2 is 0.442 bits per heavy atom. The lowest BCUT2D eigenvalue weighted by Crippen LogP contribution is -2.30. The van der Waals surface area contributed by atoms with Crippen LogP contribution in [0.3, 0.4) is 0 Å². The lowest BCUT2D eigenvalue weighted by molar-refractivity contribution is -0.161. The smallest absolute Gasteiger partial charge is 0.462 e. The number of phosphoric ester groups is 2. The van der Waals surface area contributed by atoms with Crippen LogP contribution in [0.4, 0.5) is 0 Å². The van der Waals surface area contributed by atoms with E-state index in [2.05, 4.69) is 48.5 Å². The second-order valence-corrected chi connectivity index (χ2v) is 34.9. The molecular formula is C85H166O17P2. The van der Waals surface area contributed by atoms with E-state index in [4.69, 9.17) is 37.0 Å². The number of hydrogen-bond donors (Lipinski definition) is 3. The van der Waals surface area contributed by atoms with E-state index in [1.165, 1.54) is 257 Å². The molecule has 0 bridgehead atoms. The molecule has 0 saturated carbocycles. The second kappa shape index (κ2) is 75.1. The maximum atomic E-state index is 13.1. The number of carbonyl (C=O) groups excluding carboxylic acids is 4. The molecule has 0 spiro atoms. The van der Waals surface area contributed by atoms with Gasteiger partial charge in [0.15, 0.2) is 12.2 Å². The first kappa shape index (κ1) is 102. The number of carbonyl (C=O) groups is 4. The molecule has 0 saturated heterocycles. The zero-order valence-corrected chi connectivity index (χ0v) is 70.3. The Hall–Kier alpha value is -1.94. The van der Waals surface area contributed by atoms with Crippen molar-refractivity contribution in [3.63, 3.8) is 0 Å². The van der Waals surface area contributed by atoms with Crippen molar-refractivity contribution in [3.05, 3.63) is 0 Å². The number of rotatable bonds is 83. The highest BCUT2D eigenvalue weighted by molar-refractivity contribution is 7.47. The number of aliphatic hydroxyl groups excluding tert-OH is 1.